The van der Waals surface area contributed by atoms with E-state index >= 15 is 0 Å². The highest BCUT2D eigenvalue weighted by atomic mass is 32.3. The molecule has 13 heteroatoms. The molecule has 1 heterocycles. The summed E-state index contributed by atoms with van der Waals surface area (Å²) < 4.78 is 59.4. The van der Waals surface area contributed by atoms with Crippen LogP contribution < -0.4 is 0 Å². The summed E-state index contributed by atoms with van der Waals surface area (Å²) in [6.45, 7) is 3.77. The lowest BCUT2D eigenvalue weighted by molar-refractivity contribution is -0.301. The standard InChI is InChI=1S/C63H106O12S/c1-3-5-7-9-11-13-15-17-19-21-23-25-27-29-30-32-34-36-38-40-42-44-46-48-50-52-59(65)73-57(56-72-63-61(67)62(75-76(68,69)70)60(66)58(54-64)74-63)55-71-53-51-49-47-45-43-41-39-37-35-33-31-28-26-24-22-20-18-16-14-12-10-8-6-4-2/h6,8,12,14-15,17-18,20-21,23-24,26,31,33,37,39,43,45,57-58,60-64,66-67H,3-5,7,9-11,13,16,19,22,25,27-30,32,34-36,38,40-42,44,46-56H2,1-2H3,(H,68,69,70)/b8-6-,14-12-,17-15-,20-18-,23-21-,26-24-,33-31-,39-37-,45-43-. The lowest BCUT2D eigenvalue weighted by atomic mass is 9.99. The van der Waals surface area contributed by atoms with E-state index in [1.165, 1.54) is 103 Å². The number of ether oxygens (including phenoxy) is 4. The minimum absolute atomic E-state index is 0.000670. The van der Waals surface area contributed by atoms with Gasteiger partial charge in [-0.3, -0.25) is 9.35 Å². The molecule has 6 atom stereocenters. The number of allylic oxidation sites excluding steroid dienone is 18. The Morgan fingerprint density at radius 1 is 0.513 bits per heavy atom. The van der Waals surface area contributed by atoms with Gasteiger partial charge < -0.3 is 34.3 Å². The third-order valence-electron chi connectivity index (χ3n) is 12.9. The topological polar surface area (TPSA) is 178 Å². The molecule has 12 nitrogen and oxygen atoms in total. The van der Waals surface area contributed by atoms with Gasteiger partial charge in [0.15, 0.2) is 6.29 Å². The van der Waals surface area contributed by atoms with Gasteiger partial charge in [0, 0.05) is 13.0 Å². The van der Waals surface area contributed by atoms with Crippen molar-refractivity contribution in [3.8, 4) is 0 Å². The average molecular weight is 1090 g/mol. The van der Waals surface area contributed by atoms with Crippen molar-refractivity contribution in [1.29, 1.82) is 0 Å². The van der Waals surface area contributed by atoms with Gasteiger partial charge in [-0.2, -0.15) is 8.42 Å². The summed E-state index contributed by atoms with van der Waals surface area (Å²) in [5, 5.41) is 30.9. The molecule has 436 valence electrons. The van der Waals surface area contributed by atoms with E-state index < -0.39 is 59.8 Å². The van der Waals surface area contributed by atoms with Gasteiger partial charge in [0.2, 0.25) is 0 Å². The molecule has 1 fully saturated rings. The van der Waals surface area contributed by atoms with E-state index in [2.05, 4.69) is 127 Å². The summed E-state index contributed by atoms with van der Waals surface area (Å²) in [4.78, 5) is 13.0. The van der Waals surface area contributed by atoms with Crippen LogP contribution in [-0.2, 0) is 38.3 Å². The number of aliphatic hydroxyl groups is 3. The molecule has 4 N–H and O–H groups in total. The fourth-order valence-electron chi connectivity index (χ4n) is 8.45. The van der Waals surface area contributed by atoms with Gasteiger partial charge in [-0.15, -0.1) is 0 Å². The lowest BCUT2D eigenvalue weighted by Crippen LogP contribution is -2.60. The molecule has 0 saturated carbocycles. The highest BCUT2D eigenvalue weighted by molar-refractivity contribution is 7.80. The summed E-state index contributed by atoms with van der Waals surface area (Å²) in [6.07, 6.45) is 65.6. The van der Waals surface area contributed by atoms with Gasteiger partial charge >= 0.3 is 16.4 Å². The Kier molecular flexibility index (Phi) is 48.9. The highest BCUT2D eigenvalue weighted by Gasteiger charge is 2.48. The van der Waals surface area contributed by atoms with Crippen molar-refractivity contribution in [2.24, 2.45) is 0 Å². The van der Waals surface area contributed by atoms with Gasteiger partial charge in [-0.1, -0.05) is 220 Å². The molecule has 0 aromatic carbocycles. The fourth-order valence-corrected chi connectivity index (χ4v) is 8.96. The van der Waals surface area contributed by atoms with Crippen molar-refractivity contribution in [2.75, 3.05) is 26.4 Å². The van der Waals surface area contributed by atoms with E-state index in [-0.39, 0.29) is 19.6 Å². The smallest absolute Gasteiger partial charge is 0.397 e. The summed E-state index contributed by atoms with van der Waals surface area (Å²) >= 11 is 0. The molecule has 0 radical (unpaired) electrons. The summed E-state index contributed by atoms with van der Waals surface area (Å²) in [5.41, 5.74) is 0. The number of aliphatic hydroxyl groups excluding tert-OH is 3. The molecule has 0 spiro atoms. The van der Waals surface area contributed by atoms with E-state index in [1.807, 2.05) is 0 Å². The third kappa shape index (κ3) is 44.7. The molecular weight excluding hydrogens is 981 g/mol. The van der Waals surface area contributed by atoms with Crippen molar-refractivity contribution in [1.82, 2.24) is 0 Å². The number of unbranched alkanes of at least 4 members (excludes halogenated alkanes) is 20. The van der Waals surface area contributed by atoms with Crippen molar-refractivity contribution < 1.29 is 56.2 Å². The maximum absolute atomic E-state index is 13.0. The van der Waals surface area contributed by atoms with E-state index in [4.69, 9.17) is 18.9 Å². The van der Waals surface area contributed by atoms with Crippen LogP contribution in [0.25, 0.3) is 0 Å². The van der Waals surface area contributed by atoms with Crippen LogP contribution in [0.5, 0.6) is 0 Å². The molecule has 1 rings (SSSR count). The maximum atomic E-state index is 13.0. The maximum Gasteiger partial charge on any atom is 0.397 e. The number of carbonyl (C=O) groups is 1. The number of esters is 1. The number of rotatable bonds is 51. The zero-order valence-electron chi connectivity index (χ0n) is 47.3. The lowest BCUT2D eigenvalue weighted by Gasteiger charge is -2.41. The van der Waals surface area contributed by atoms with Crippen LogP contribution in [0.15, 0.2) is 109 Å². The Balaban J connectivity index is 2.34. The first-order chi connectivity index (χ1) is 37.1. The normalized spacial score (nSPS) is 19.4. The first-order valence-electron chi connectivity index (χ1n) is 29.6. The Morgan fingerprint density at radius 2 is 0.908 bits per heavy atom. The monoisotopic (exact) mass is 1090 g/mol. The molecule has 0 amide bonds. The first-order valence-corrected chi connectivity index (χ1v) is 31.0. The molecule has 0 aromatic rings. The molecule has 0 aliphatic carbocycles. The quantitative estimate of drug-likeness (QED) is 0.0196. The summed E-state index contributed by atoms with van der Waals surface area (Å²) in [7, 11) is -5.08. The molecule has 1 aliphatic heterocycles. The van der Waals surface area contributed by atoms with Gasteiger partial charge in [0.05, 0.1) is 19.8 Å². The van der Waals surface area contributed by atoms with Crippen LogP contribution in [0.4, 0.5) is 0 Å². The Bertz CT molecular complexity index is 1730. The van der Waals surface area contributed by atoms with Crippen molar-refractivity contribution in [2.45, 2.75) is 256 Å². The number of hydrogen-bond donors (Lipinski definition) is 4. The van der Waals surface area contributed by atoms with E-state index in [0.29, 0.717) is 13.0 Å². The zero-order valence-corrected chi connectivity index (χ0v) is 48.1. The fraction of sp³-hybridized carbons (Fsp3) is 0.698. The number of carbonyl (C=O) groups excluding carboxylic acids is 1. The molecule has 76 heavy (non-hydrogen) atoms. The minimum atomic E-state index is -5.08. The zero-order chi connectivity index (χ0) is 55.3. The minimum Gasteiger partial charge on any atom is -0.457 e. The first kappa shape index (κ1) is 70.8. The second-order valence-corrected chi connectivity index (χ2v) is 20.9. The van der Waals surface area contributed by atoms with Gasteiger partial charge in [0.25, 0.3) is 0 Å². The largest absolute Gasteiger partial charge is 0.457 e. The Hall–Kier alpha value is -3.24. The molecular formula is C63H106O12S. The average Bonchev–Trinajstić information content (AvgIpc) is 3.40. The summed E-state index contributed by atoms with van der Waals surface area (Å²) in [5.74, 6) is -0.418. The predicted octanol–water partition coefficient (Wildman–Crippen LogP) is 15.1. The van der Waals surface area contributed by atoms with Crippen LogP contribution in [0, 0.1) is 0 Å². The van der Waals surface area contributed by atoms with Crippen LogP contribution in [0.1, 0.15) is 219 Å². The van der Waals surface area contributed by atoms with Crippen LogP contribution in [-0.4, -0.2) is 97.5 Å². The molecule has 1 saturated heterocycles. The van der Waals surface area contributed by atoms with E-state index in [9.17, 15) is 33.1 Å². The molecule has 1 aliphatic rings. The van der Waals surface area contributed by atoms with Crippen LogP contribution >= 0.6 is 0 Å². The van der Waals surface area contributed by atoms with Crippen LogP contribution in [0.2, 0.25) is 0 Å². The molecule has 6 unspecified atom stereocenters. The third-order valence-corrected chi connectivity index (χ3v) is 13.3. The Morgan fingerprint density at radius 3 is 1.33 bits per heavy atom. The SMILES string of the molecule is CC/C=C\C/C=C\C/C=C\C/C=C\C/C=C\C/C=C\C/C=C\CCCCOCC(COC1OC(CO)C(O)C(OS(=O)(=O)O)C1O)OC(=O)CCCCCCCCCCCCCCC/C=C\C/C=C\CCCCCCC. The number of hydrogen-bond acceptors (Lipinski definition) is 11. The molecule has 0 bridgehead atoms. The Labute approximate surface area is 462 Å². The van der Waals surface area contributed by atoms with Gasteiger partial charge in [-0.05, 0) is 103 Å². The van der Waals surface area contributed by atoms with Crippen LogP contribution in [0.3, 0.4) is 0 Å². The predicted molar refractivity (Wildman–Crippen MR) is 312 cm³/mol. The molecule has 0 aromatic heterocycles. The second-order valence-electron chi connectivity index (χ2n) is 19.8. The van der Waals surface area contributed by atoms with Crippen molar-refractivity contribution in [3.63, 3.8) is 0 Å². The van der Waals surface area contributed by atoms with Crippen molar-refractivity contribution >= 4 is 16.4 Å². The van der Waals surface area contributed by atoms with Gasteiger partial charge in [-0.25, -0.2) is 4.18 Å². The van der Waals surface area contributed by atoms with Crippen molar-refractivity contribution in [3.05, 3.63) is 109 Å². The van der Waals surface area contributed by atoms with E-state index in [0.717, 1.165) is 89.9 Å². The highest BCUT2D eigenvalue weighted by Crippen LogP contribution is 2.26. The van der Waals surface area contributed by atoms with Gasteiger partial charge in [0.1, 0.15) is 30.5 Å². The summed E-state index contributed by atoms with van der Waals surface area (Å²) in [6, 6.07) is 0. The second kappa shape index (κ2) is 52.5. The van der Waals surface area contributed by atoms with E-state index in [1.54, 1.807) is 0 Å².